The lowest BCUT2D eigenvalue weighted by Gasteiger charge is -2.30. The average Bonchev–Trinajstić information content (AvgIpc) is 2.44. The number of rotatable bonds is 5. The van der Waals surface area contributed by atoms with Crippen molar-refractivity contribution >= 4 is 16.9 Å². The Morgan fingerprint density at radius 2 is 2.06 bits per heavy atom. The molecule has 0 saturated heterocycles. The van der Waals surface area contributed by atoms with Gasteiger partial charge in [0.2, 0.25) is 5.12 Å². The quantitative estimate of drug-likeness (QED) is 0.738. The summed E-state index contributed by atoms with van der Waals surface area (Å²) in [5.74, 6) is 0.636. The van der Waals surface area contributed by atoms with Gasteiger partial charge in [-0.25, -0.2) is 0 Å². The molecule has 3 heteroatoms. The molecular weight excluding hydrogens is 220 g/mol. The van der Waals surface area contributed by atoms with Gasteiger partial charge in [-0.2, -0.15) is 0 Å². The monoisotopic (exact) mass is 242 g/mol. The maximum Gasteiger partial charge on any atom is 0.219 e. The lowest BCUT2D eigenvalue weighted by molar-refractivity contribution is -0.107. The van der Waals surface area contributed by atoms with Crippen LogP contribution in [0.4, 0.5) is 0 Å². The van der Waals surface area contributed by atoms with Crippen molar-refractivity contribution in [3.8, 4) is 0 Å². The lowest BCUT2D eigenvalue weighted by Crippen LogP contribution is -2.29. The van der Waals surface area contributed by atoms with E-state index in [1.54, 1.807) is 6.92 Å². The van der Waals surface area contributed by atoms with Crippen LogP contribution in [-0.2, 0) is 4.79 Å². The Bertz CT molecular complexity index is 309. The van der Waals surface area contributed by atoms with E-state index in [0.29, 0.717) is 17.3 Å². The first-order valence-corrected chi connectivity index (χ1v) is 6.88. The molecule has 2 unspecified atom stereocenters. The molecule has 0 bridgehead atoms. The fourth-order valence-corrected chi connectivity index (χ4v) is 3.30. The van der Waals surface area contributed by atoms with Crippen molar-refractivity contribution in [3.05, 3.63) is 11.3 Å². The molecule has 2 atom stereocenters. The molecule has 0 amide bonds. The summed E-state index contributed by atoms with van der Waals surface area (Å²) in [4.78, 5) is 11.6. The number of aliphatic hydroxyl groups is 1. The van der Waals surface area contributed by atoms with E-state index in [2.05, 4.69) is 13.8 Å². The lowest BCUT2D eigenvalue weighted by atomic mass is 9.87. The van der Waals surface area contributed by atoms with Gasteiger partial charge in [0.05, 0.1) is 4.75 Å². The summed E-state index contributed by atoms with van der Waals surface area (Å²) in [5, 5.41) is 10.1. The van der Waals surface area contributed by atoms with Crippen LogP contribution in [0.1, 0.15) is 53.4 Å². The third kappa shape index (κ3) is 2.45. The Balaban J connectivity index is 2.68. The second-order valence-electron chi connectivity index (χ2n) is 4.87. The predicted octanol–water partition coefficient (Wildman–Crippen LogP) is 4.07. The largest absolute Gasteiger partial charge is 0.510 e. The summed E-state index contributed by atoms with van der Waals surface area (Å²) >= 11 is 1.29. The predicted molar refractivity (Wildman–Crippen MR) is 69.6 cm³/mol. The van der Waals surface area contributed by atoms with Crippen molar-refractivity contribution in [2.45, 2.75) is 58.1 Å². The Morgan fingerprint density at radius 3 is 2.50 bits per heavy atom. The van der Waals surface area contributed by atoms with Gasteiger partial charge in [-0.15, -0.1) is 0 Å². The fraction of sp³-hybridized carbons (Fsp3) is 0.769. The molecule has 0 aromatic heterocycles. The molecule has 16 heavy (non-hydrogen) atoms. The maximum absolute atomic E-state index is 11.6. The van der Waals surface area contributed by atoms with Gasteiger partial charge in [-0.1, -0.05) is 44.9 Å². The van der Waals surface area contributed by atoms with Gasteiger partial charge in [0.1, 0.15) is 5.76 Å². The van der Waals surface area contributed by atoms with Crippen LogP contribution < -0.4 is 0 Å². The number of unbranched alkanes of at least 4 members (excludes halogenated alkanes) is 2. The van der Waals surface area contributed by atoms with Gasteiger partial charge in [-0.3, -0.25) is 4.79 Å². The molecule has 0 saturated carbocycles. The van der Waals surface area contributed by atoms with Crippen LogP contribution in [0.5, 0.6) is 0 Å². The van der Waals surface area contributed by atoms with E-state index < -0.39 is 4.75 Å². The summed E-state index contributed by atoms with van der Waals surface area (Å²) in [7, 11) is 0. The highest BCUT2D eigenvalue weighted by molar-refractivity contribution is 8.15. The summed E-state index contributed by atoms with van der Waals surface area (Å²) in [5.41, 5.74) is 0.537. The summed E-state index contributed by atoms with van der Waals surface area (Å²) < 4.78 is -0.394. The number of aliphatic hydroxyl groups excluding tert-OH is 1. The van der Waals surface area contributed by atoms with Gasteiger partial charge < -0.3 is 5.11 Å². The second kappa shape index (κ2) is 5.26. The zero-order valence-electron chi connectivity index (χ0n) is 10.7. The molecule has 1 N–H and O–H groups in total. The van der Waals surface area contributed by atoms with Crippen molar-refractivity contribution in [1.82, 2.24) is 0 Å². The number of carbonyl (C=O) groups excluding carboxylic acids is 1. The number of hydrogen-bond acceptors (Lipinski definition) is 3. The second-order valence-corrected chi connectivity index (χ2v) is 6.29. The molecule has 0 aliphatic carbocycles. The zero-order chi connectivity index (χ0) is 12.3. The van der Waals surface area contributed by atoms with Gasteiger partial charge >= 0.3 is 0 Å². The maximum atomic E-state index is 11.6. The van der Waals surface area contributed by atoms with E-state index in [1.165, 1.54) is 31.0 Å². The number of hydrogen-bond donors (Lipinski definition) is 1. The molecule has 1 rings (SSSR count). The smallest absolute Gasteiger partial charge is 0.219 e. The SMILES string of the molecule is CCCCCC(C)C1(C)SC(=O)C(C)=C1O. The number of thioether (sulfide) groups is 1. The zero-order valence-corrected chi connectivity index (χ0v) is 11.5. The average molecular weight is 242 g/mol. The third-order valence-corrected chi connectivity index (χ3v) is 5.13. The van der Waals surface area contributed by atoms with E-state index in [4.69, 9.17) is 0 Å². The van der Waals surface area contributed by atoms with Crippen LogP contribution >= 0.6 is 11.8 Å². The Hall–Kier alpha value is -0.440. The van der Waals surface area contributed by atoms with Gasteiger partial charge in [0, 0.05) is 5.57 Å². The van der Waals surface area contributed by atoms with Crippen LogP contribution in [0, 0.1) is 5.92 Å². The van der Waals surface area contributed by atoms with Crippen molar-refractivity contribution in [2.24, 2.45) is 5.92 Å². The molecule has 1 heterocycles. The Labute approximate surface area is 103 Å². The first-order chi connectivity index (χ1) is 7.43. The number of carbonyl (C=O) groups is 1. The Kier molecular flexibility index (Phi) is 4.48. The molecule has 1 aliphatic rings. The van der Waals surface area contributed by atoms with Crippen molar-refractivity contribution < 1.29 is 9.90 Å². The molecule has 2 nitrogen and oxygen atoms in total. The highest BCUT2D eigenvalue weighted by atomic mass is 32.2. The van der Waals surface area contributed by atoms with Crippen molar-refractivity contribution in [3.63, 3.8) is 0 Å². The highest BCUT2D eigenvalue weighted by Crippen LogP contribution is 2.48. The van der Waals surface area contributed by atoms with Gasteiger partial charge in [0.25, 0.3) is 0 Å². The first-order valence-electron chi connectivity index (χ1n) is 6.07. The van der Waals surface area contributed by atoms with E-state index in [0.717, 1.165) is 6.42 Å². The standard InChI is InChI=1S/C13H22O2S/c1-5-6-7-8-9(2)13(4)11(14)10(3)12(15)16-13/h9,14H,5-8H2,1-4H3. The van der Waals surface area contributed by atoms with E-state index >= 15 is 0 Å². The Morgan fingerprint density at radius 1 is 1.44 bits per heavy atom. The molecular formula is C13H22O2S. The highest BCUT2D eigenvalue weighted by Gasteiger charge is 2.45. The van der Waals surface area contributed by atoms with Crippen LogP contribution in [0.2, 0.25) is 0 Å². The van der Waals surface area contributed by atoms with E-state index in [1.807, 2.05) is 6.92 Å². The summed E-state index contributed by atoms with van der Waals surface area (Å²) in [6.07, 6.45) is 4.68. The van der Waals surface area contributed by atoms with Crippen LogP contribution in [-0.4, -0.2) is 15.0 Å². The van der Waals surface area contributed by atoms with Crippen LogP contribution in [0.3, 0.4) is 0 Å². The summed E-state index contributed by atoms with van der Waals surface area (Å²) in [6.45, 7) is 8.01. The molecule has 0 radical (unpaired) electrons. The summed E-state index contributed by atoms with van der Waals surface area (Å²) in [6, 6.07) is 0. The molecule has 0 aromatic carbocycles. The first kappa shape index (κ1) is 13.6. The molecule has 1 aliphatic heterocycles. The third-order valence-electron chi connectivity index (χ3n) is 3.62. The normalized spacial score (nSPS) is 27.6. The van der Waals surface area contributed by atoms with Gasteiger partial charge in [0.15, 0.2) is 0 Å². The topological polar surface area (TPSA) is 37.3 Å². The van der Waals surface area contributed by atoms with Crippen LogP contribution in [0.25, 0.3) is 0 Å². The van der Waals surface area contributed by atoms with Crippen LogP contribution in [0.15, 0.2) is 11.3 Å². The van der Waals surface area contributed by atoms with Gasteiger partial charge in [-0.05, 0) is 26.2 Å². The van der Waals surface area contributed by atoms with E-state index in [9.17, 15) is 9.90 Å². The van der Waals surface area contributed by atoms with E-state index in [-0.39, 0.29) is 5.12 Å². The molecule has 92 valence electrons. The fourth-order valence-electron chi connectivity index (χ4n) is 2.10. The molecule has 0 fully saturated rings. The minimum atomic E-state index is -0.394. The van der Waals surface area contributed by atoms with Crippen molar-refractivity contribution in [1.29, 1.82) is 0 Å². The molecule has 0 aromatic rings. The van der Waals surface area contributed by atoms with Crippen molar-refractivity contribution in [2.75, 3.05) is 0 Å². The molecule has 0 spiro atoms. The minimum Gasteiger partial charge on any atom is -0.510 e. The minimum absolute atomic E-state index is 0.0299.